The van der Waals surface area contributed by atoms with Gasteiger partial charge in [-0.25, -0.2) is 13.6 Å². The Morgan fingerprint density at radius 1 is 1.50 bits per heavy atom. The van der Waals surface area contributed by atoms with Crippen molar-refractivity contribution in [2.75, 3.05) is 38.7 Å². The molecule has 26 heavy (non-hydrogen) atoms. The minimum atomic E-state index is -2.68. The van der Waals surface area contributed by atoms with Gasteiger partial charge in [-0.15, -0.1) is 0 Å². The van der Waals surface area contributed by atoms with Crippen LogP contribution in [-0.2, 0) is 4.74 Å². The summed E-state index contributed by atoms with van der Waals surface area (Å²) < 4.78 is 37.1. The Kier molecular flexibility index (Phi) is 5.59. The Labute approximate surface area is 150 Å². The molecule has 0 aromatic heterocycles. The molecule has 2 saturated heterocycles. The Morgan fingerprint density at radius 2 is 2.31 bits per heavy atom. The summed E-state index contributed by atoms with van der Waals surface area (Å²) in [7, 11) is 1.53. The molecule has 1 aromatic carbocycles. The lowest BCUT2D eigenvalue weighted by Crippen LogP contribution is -2.48. The predicted octanol–water partition coefficient (Wildman–Crippen LogP) is 1.29. The van der Waals surface area contributed by atoms with Crippen LogP contribution in [-0.4, -0.2) is 73.6 Å². The monoisotopic (exact) mass is 371 g/mol. The number of methoxy groups -OCH3 is 1. The van der Waals surface area contributed by atoms with E-state index in [0.29, 0.717) is 11.4 Å². The number of anilines is 1. The summed E-state index contributed by atoms with van der Waals surface area (Å²) in [5, 5.41) is 15.6. The number of urea groups is 1. The number of alkyl halides is 2. The first-order valence-electron chi connectivity index (χ1n) is 8.48. The lowest BCUT2D eigenvalue weighted by Gasteiger charge is -2.23. The molecule has 2 amide bonds. The van der Waals surface area contributed by atoms with E-state index in [2.05, 4.69) is 10.6 Å². The molecule has 0 bridgehead atoms. The van der Waals surface area contributed by atoms with Gasteiger partial charge in [-0.2, -0.15) is 0 Å². The van der Waals surface area contributed by atoms with Gasteiger partial charge in [0.2, 0.25) is 0 Å². The van der Waals surface area contributed by atoms with Crippen molar-refractivity contribution in [2.45, 2.75) is 30.6 Å². The van der Waals surface area contributed by atoms with Crippen LogP contribution in [0.5, 0.6) is 5.75 Å². The number of likely N-dealkylation sites (tertiary alicyclic amines) is 1. The third-order valence-corrected chi connectivity index (χ3v) is 4.61. The Morgan fingerprint density at radius 3 is 3.00 bits per heavy atom. The Hall–Kier alpha value is -1.97. The highest BCUT2D eigenvalue weighted by Gasteiger charge is 2.42. The number of nitrogens with one attached hydrogen (secondary N) is 2. The van der Waals surface area contributed by atoms with Crippen molar-refractivity contribution >= 4 is 11.7 Å². The fourth-order valence-electron chi connectivity index (χ4n) is 3.22. The van der Waals surface area contributed by atoms with Crippen LogP contribution >= 0.6 is 0 Å². The lowest BCUT2D eigenvalue weighted by atomic mass is 10.1. The molecule has 0 unspecified atom stereocenters. The second-order valence-corrected chi connectivity index (χ2v) is 6.64. The van der Waals surface area contributed by atoms with Crippen molar-refractivity contribution in [2.24, 2.45) is 0 Å². The van der Waals surface area contributed by atoms with Crippen molar-refractivity contribution in [1.29, 1.82) is 0 Å². The SMILES string of the molecule is COc1cccc(NC(=O)N[C@H]2CO[C@@H](CN3CCC(F)(F)C3)[C@@H]2O)c1. The number of ether oxygens (including phenoxy) is 2. The number of nitrogens with zero attached hydrogens (tertiary/aromatic N) is 1. The molecule has 0 aliphatic carbocycles. The topological polar surface area (TPSA) is 83.1 Å². The van der Waals surface area contributed by atoms with Crippen molar-refractivity contribution < 1.29 is 28.2 Å². The molecular weight excluding hydrogens is 348 g/mol. The van der Waals surface area contributed by atoms with Crippen LogP contribution in [0.25, 0.3) is 0 Å². The number of hydrogen-bond donors (Lipinski definition) is 3. The van der Waals surface area contributed by atoms with Gasteiger partial charge in [0.15, 0.2) is 0 Å². The van der Waals surface area contributed by atoms with Crippen LogP contribution in [0.1, 0.15) is 6.42 Å². The fourth-order valence-corrected chi connectivity index (χ4v) is 3.22. The van der Waals surface area contributed by atoms with Gasteiger partial charge in [0, 0.05) is 31.3 Å². The second-order valence-electron chi connectivity index (χ2n) is 6.64. The molecule has 2 fully saturated rings. The Balaban J connectivity index is 1.48. The third kappa shape index (κ3) is 4.60. The molecule has 2 aliphatic rings. The van der Waals surface area contributed by atoms with Crippen molar-refractivity contribution in [1.82, 2.24) is 10.2 Å². The standard InChI is InChI=1S/C17H23F2N3O4/c1-25-12-4-2-3-11(7-12)20-16(24)21-13-9-26-14(15(13)23)8-22-6-5-17(18,19)10-22/h2-4,7,13-15,23H,5-6,8-10H2,1H3,(H2,20,21,24)/t13-,14-,15+/m0/s1. The number of rotatable bonds is 5. The smallest absolute Gasteiger partial charge is 0.319 e. The normalized spacial score (nSPS) is 28.1. The van der Waals surface area contributed by atoms with E-state index in [9.17, 15) is 18.7 Å². The summed E-state index contributed by atoms with van der Waals surface area (Å²) in [5.41, 5.74) is 0.547. The summed E-state index contributed by atoms with van der Waals surface area (Å²) in [5.74, 6) is -2.08. The molecule has 7 nitrogen and oxygen atoms in total. The van der Waals surface area contributed by atoms with Crippen LogP contribution in [0.2, 0.25) is 0 Å². The first-order valence-corrected chi connectivity index (χ1v) is 8.48. The van der Waals surface area contributed by atoms with Crippen LogP contribution in [0.15, 0.2) is 24.3 Å². The molecule has 0 radical (unpaired) electrons. The summed E-state index contributed by atoms with van der Waals surface area (Å²) in [6, 6.07) is 5.78. The number of aliphatic hydroxyl groups is 1. The molecule has 2 heterocycles. The zero-order valence-electron chi connectivity index (χ0n) is 14.5. The number of carbonyl (C=O) groups is 1. The van der Waals surface area contributed by atoms with Gasteiger partial charge in [0.1, 0.15) is 11.9 Å². The van der Waals surface area contributed by atoms with Crippen LogP contribution in [0.4, 0.5) is 19.3 Å². The molecule has 9 heteroatoms. The average molecular weight is 371 g/mol. The molecule has 1 aromatic rings. The number of halogens is 2. The molecule has 0 saturated carbocycles. The van der Waals surface area contributed by atoms with Crippen LogP contribution < -0.4 is 15.4 Å². The van der Waals surface area contributed by atoms with Crippen molar-refractivity contribution in [3.05, 3.63) is 24.3 Å². The maximum Gasteiger partial charge on any atom is 0.319 e. The highest BCUT2D eigenvalue weighted by atomic mass is 19.3. The number of aliphatic hydroxyl groups excluding tert-OH is 1. The van der Waals surface area contributed by atoms with Gasteiger partial charge in [0.25, 0.3) is 5.92 Å². The zero-order chi connectivity index (χ0) is 18.7. The van der Waals surface area contributed by atoms with Crippen molar-refractivity contribution in [3.63, 3.8) is 0 Å². The van der Waals surface area contributed by atoms with Crippen LogP contribution in [0, 0.1) is 0 Å². The van der Waals surface area contributed by atoms with Gasteiger partial charge in [0.05, 0.1) is 32.4 Å². The predicted molar refractivity (Wildman–Crippen MR) is 90.7 cm³/mol. The Bertz CT molecular complexity index is 646. The van der Waals surface area contributed by atoms with E-state index in [1.807, 2.05) is 0 Å². The summed E-state index contributed by atoms with van der Waals surface area (Å²) in [6.07, 6.45) is -1.74. The third-order valence-electron chi connectivity index (χ3n) is 4.61. The molecule has 0 spiro atoms. The van der Waals surface area contributed by atoms with E-state index in [1.54, 1.807) is 29.2 Å². The summed E-state index contributed by atoms with van der Waals surface area (Å²) in [6.45, 7) is 0.288. The zero-order valence-corrected chi connectivity index (χ0v) is 14.5. The number of benzene rings is 1. The average Bonchev–Trinajstić information content (AvgIpc) is 3.11. The number of hydrogen-bond acceptors (Lipinski definition) is 5. The molecule has 144 valence electrons. The van der Waals surface area contributed by atoms with E-state index < -0.39 is 30.2 Å². The molecule has 3 rings (SSSR count). The maximum atomic E-state index is 13.3. The van der Waals surface area contributed by atoms with Gasteiger partial charge >= 0.3 is 6.03 Å². The van der Waals surface area contributed by atoms with E-state index >= 15 is 0 Å². The van der Waals surface area contributed by atoms with Gasteiger partial charge in [-0.1, -0.05) is 6.07 Å². The fraction of sp³-hybridized carbons (Fsp3) is 0.588. The van der Waals surface area contributed by atoms with Crippen LogP contribution in [0.3, 0.4) is 0 Å². The largest absolute Gasteiger partial charge is 0.497 e. The molecule has 2 aliphatic heterocycles. The van der Waals surface area contributed by atoms with Gasteiger partial charge < -0.3 is 25.2 Å². The lowest BCUT2D eigenvalue weighted by molar-refractivity contribution is -0.00727. The second kappa shape index (κ2) is 7.73. The number of amides is 2. The van der Waals surface area contributed by atoms with Gasteiger partial charge in [-0.05, 0) is 12.1 Å². The minimum Gasteiger partial charge on any atom is -0.497 e. The van der Waals surface area contributed by atoms with E-state index in [0.717, 1.165) is 0 Å². The quantitative estimate of drug-likeness (QED) is 0.727. The molecule has 3 atom stereocenters. The summed E-state index contributed by atoms with van der Waals surface area (Å²) in [4.78, 5) is 13.7. The minimum absolute atomic E-state index is 0.127. The highest BCUT2D eigenvalue weighted by Crippen LogP contribution is 2.28. The number of carbonyl (C=O) groups excluding carboxylic acids is 1. The van der Waals surface area contributed by atoms with E-state index in [-0.39, 0.29) is 32.7 Å². The highest BCUT2D eigenvalue weighted by molar-refractivity contribution is 5.89. The van der Waals surface area contributed by atoms with E-state index in [4.69, 9.17) is 9.47 Å². The summed E-state index contributed by atoms with van der Waals surface area (Å²) >= 11 is 0. The molecular formula is C17H23F2N3O4. The first kappa shape index (κ1) is 18.8. The molecule has 3 N–H and O–H groups in total. The first-order chi connectivity index (χ1) is 12.4. The van der Waals surface area contributed by atoms with Gasteiger partial charge in [-0.3, -0.25) is 4.90 Å². The van der Waals surface area contributed by atoms with E-state index in [1.165, 1.54) is 7.11 Å². The van der Waals surface area contributed by atoms with Crippen molar-refractivity contribution in [3.8, 4) is 5.75 Å². The maximum absolute atomic E-state index is 13.3.